The molecular formula is C18H17BrN2. The van der Waals surface area contributed by atoms with E-state index in [0.29, 0.717) is 0 Å². The van der Waals surface area contributed by atoms with Crippen molar-refractivity contribution in [2.24, 2.45) is 0 Å². The normalized spacial score (nSPS) is 10.6. The van der Waals surface area contributed by atoms with Crippen LogP contribution in [0.3, 0.4) is 0 Å². The fraction of sp³-hybridized carbons (Fsp3) is 0.111. The minimum absolute atomic E-state index is 0.814. The van der Waals surface area contributed by atoms with Crippen LogP contribution < -0.4 is 5.32 Å². The van der Waals surface area contributed by atoms with Gasteiger partial charge in [0.15, 0.2) is 0 Å². The maximum atomic E-state index is 3.58. The first-order valence-corrected chi connectivity index (χ1v) is 7.74. The second-order valence-electron chi connectivity index (χ2n) is 5.08. The first-order chi connectivity index (χ1) is 10.2. The summed E-state index contributed by atoms with van der Waals surface area (Å²) >= 11 is 3.58. The van der Waals surface area contributed by atoms with Gasteiger partial charge in [-0.1, -0.05) is 34.1 Å². The van der Waals surface area contributed by atoms with E-state index in [0.717, 1.165) is 22.4 Å². The molecule has 0 atom stereocenters. The fourth-order valence-electron chi connectivity index (χ4n) is 2.23. The molecule has 0 aliphatic rings. The van der Waals surface area contributed by atoms with E-state index in [-0.39, 0.29) is 0 Å². The third kappa shape index (κ3) is 3.37. The van der Waals surface area contributed by atoms with Crippen molar-refractivity contribution in [3.63, 3.8) is 0 Å². The average Bonchev–Trinajstić information content (AvgIpc) is 3.03. The lowest BCUT2D eigenvalue weighted by Gasteiger charge is -2.10. The largest absolute Gasteiger partial charge is 0.381 e. The zero-order chi connectivity index (χ0) is 14.7. The summed E-state index contributed by atoms with van der Waals surface area (Å²) < 4.78 is 3.26. The quantitative estimate of drug-likeness (QED) is 0.694. The molecule has 2 aromatic carbocycles. The lowest BCUT2D eigenvalue weighted by molar-refractivity contribution is 1.07. The molecule has 2 nitrogen and oxygen atoms in total. The number of aryl methyl sites for hydroxylation is 1. The molecule has 21 heavy (non-hydrogen) atoms. The Kier molecular flexibility index (Phi) is 4.11. The van der Waals surface area contributed by atoms with Gasteiger partial charge in [-0.05, 0) is 54.4 Å². The molecular weight excluding hydrogens is 324 g/mol. The SMILES string of the molecule is Cc1ccc(CNc2cccc(-n3cccc3)c2)cc1Br. The summed E-state index contributed by atoms with van der Waals surface area (Å²) in [4.78, 5) is 0. The molecule has 1 N–H and O–H groups in total. The van der Waals surface area contributed by atoms with Crippen LogP contribution in [0, 0.1) is 6.92 Å². The van der Waals surface area contributed by atoms with E-state index in [1.807, 2.05) is 12.1 Å². The molecule has 0 unspecified atom stereocenters. The van der Waals surface area contributed by atoms with Gasteiger partial charge >= 0.3 is 0 Å². The van der Waals surface area contributed by atoms with E-state index in [1.165, 1.54) is 11.1 Å². The van der Waals surface area contributed by atoms with Gasteiger partial charge in [0.25, 0.3) is 0 Å². The lowest BCUT2D eigenvalue weighted by atomic mass is 10.1. The Morgan fingerprint density at radius 2 is 1.81 bits per heavy atom. The number of anilines is 1. The third-order valence-electron chi connectivity index (χ3n) is 3.48. The second-order valence-corrected chi connectivity index (χ2v) is 5.93. The van der Waals surface area contributed by atoms with Crippen molar-refractivity contribution in [1.29, 1.82) is 0 Å². The molecule has 106 valence electrons. The van der Waals surface area contributed by atoms with Crippen LogP contribution in [0.25, 0.3) is 5.69 Å². The molecule has 0 saturated heterocycles. The predicted octanol–water partition coefficient (Wildman–Crippen LogP) is 5.16. The van der Waals surface area contributed by atoms with Crippen LogP contribution in [0.15, 0.2) is 71.5 Å². The molecule has 0 radical (unpaired) electrons. The topological polar surface area (TPSA) is 17.0 Å². The molecule has 0 bridgehead atoms. The van der Waals surface area contributed by atoms with Gasteiger partial charge in [-0.2, -0.15) is 0 Å². The first kappa shape index (κ1) is 14.0. The number of halogens is 1. The molecule has 0 aliphatic heterocycles. The Balaban J connectivity index is 1.73. The number of benzene rings is 2. The van der Waals surface area contributed by atoms with Crippen LogP contribution >= 0.6 is 15.9 Å². The van der Waals surface area contributed by atoms with Gasteiger partial charge < -0.3 is 9.88 Å². The smallest absolute Gasteiger partial charge is 0.0469 e. The van der Waals surface area contributed by atoms with Crippen molar-refractivity contribution in [3.05, 3.63) is 82.6 Å². The van der Waals surface area contributed by atoms with Gasteiger partial charge in [0, 0.05) is 34.8 Å². The Hall–Kier alpha value is -2.00. The monoisotopic (exact) mass is 340 g/mol. The Bertz CT molecular complexity index is 733. The highest BCUT2D eigenvalue weighted by atomic mass is 79.9. The summed E-state index contributed by atoms with van der Waals surface area (Å²) in [5.41, 5.74) is 4.81. The van der Waals surface area contributed by atoms with Gasteiger partial charge in [-0.3, -0.25) is 0 Å². The fourth-order valence-corrected chi connectivity index (χ4v) is 2.66. The molecule has 1 aromatic heterocycles. The molecule has 3 rings (SSSR count). The first-order valence-electron chi connectivity index (χ1n) is 6.95. The van der Waals surface area contributed by atoms with Crippen molar-refractivity contribution in [2.75, 3.05) is 5.32 Å². The minimum Gasteiger partial charge on any atom is -0.381 e. The van der Waals surface area contributed by atoms with E-state index in [4.69, 9.17) is 0 Å². The van der Waals surface area contributed by atoms with Crippen LogP contribution in [0.2, 0.25) is 0 Å². The second kappa shape index (κ2) is 6.19. The maximum absolute atomic E-state index is 3.58. The van der Waals surface area contributed by atoms with E-state index in [9.17, 15) is 0 Å². The molecule has 0 spiro atoms. The van der Waals surface area contributed by atoms with Gasteiger partial charge in [0.1, 0.15) is 0 Å². The number of aromatic nitrogens is 1. The lowest BCUT2D eigenvalue weighted by Crippen LogP contribution is -2.00. The molecule has 3 heteroatoms. The molecule has 0 aliphatic carbocycles. The zero-order valence-electron chi connectivity index (χ0n) is 11.9. The predicted molar refractivity (Wildman–Crippen MR) is 92.0 cm³/mol. The number of hydrogen-bond donors (Lipinski definition) is 1. The summed E-state index contributed by atoms with van der Waals surface area (Å²) in [6.07, 6.45) is 4.10. The van der Waals surface area contributed by atoms with Gasteiger partial charge in [-0.15, -0.1) is 0 Å². The van der Waals surface area contributed by atoms with Crippen LogP contribution in [-0.2, 0) is 6.54 Å². The van der Waals surface area contributed by atoms with Gasteiger partial charge in [-0.25, -0.2) is 0 Å². The van der Waals surface area contributed by atoms with Crippen LogP contribution in [0.4, 0.5) is 5.69 Å². The van der Waals surface area contributed by atoms with Crippen LogP contribution in [0.1, 0.15) is 11.1 Å². The number of rotatable bonds is 4. The van der Waals surface area contributed by atoms with E-state index >= 15 is 0 Å². The van der Waals surface area contributed by atoms with Gasteiger partial charge in [0.05, 0.1) is 0 Å². The number of hydrogen-bond acceptors (Lipinski definition) is 1. The summed E-state index contributed by atoms with van der Waals surface area (Å²) in [5, 5.41) is 3.48. The Labute approximate surface area is 133 Å². The van der Waals surface area contributed by atoms with Crippen molar-refractivity contribution in [2.45, 2.75) is 13.5 Å². The van der Waals surface area contributed by atoms with Crippen LogP contribution in [-0.4, -0.2) is 4.57 Å². The Morgan fingerprint density at radius 3 is 2.57 bits per heavy atom. The summed E-state index contributed by atoms with van der Waals surface area (Å²) in [5.74, 6) is 0. The molecule has 0 saturated carbocycles. The highest BCUT2D eigenvalue weighted by Gasteiger charge is 2.00. The summed E-state index contributed by atoms with van der Waals surface area (Å²) in [6.45, 7) is 2.91. The van der Waals surface area contributed by atoms with Crippen molar-refractivity contribution < 1.29 is 0 Å². The minimum atomic E-state index is 0.814. The van der Waals surface area contributed by atoms with E-state index in [2.05, 4.69) is 87.6 Å². The molecule has 1 heterocycles. The maximum Gasteiger partial charge on any atom is 0.0469 e. The number of nitrogens with one attached hydrogen (secondary N) is 1. The summed E-state index contributed by atoms with van der Waals surface area (Å²) in [7, 11) is 0. The van der Waals surface area contributed by atoms with Crippen molar-refractivity contribution in [3.8, 4) is 5.69 Å². The molecule has 0 fully saturated rings. The van der Waals surface area contributed by atoms with Crippen LogP contribution in [0.5, 0.6) is 0 Å². The zero-order valence-corrected chi connectivity index (χ0v) is 13.5. The standard InChI is InChI=1S/C18H17BrN2/c1-14-7-8-15(11-18(14)19)13-20-16-5-4-6-17(12-16)21-9-2-3-10-21/h2-12,20H,13H2,1H3. The highest BCUT2D eigenvalue weighted by Crippen LogP contribution is 2.19. The van der Waals surface area contributed by atoms with Gasteiger partial charge in [0.2, 0.25) is 0 Å². The third-order valence-corrected chi connectivity index (χ3v) is 4.34. The van der Waals surface area contributed by atoms with E-state index < -0.39 is 0 Å². The molecule has 3 aromatic rings. The number of nitrogens with zero attached hydrogens (tertiary/aromatic N) is 1. The van der Waals surface area contributed by atoms with Crippen molar-refractivity contribution in [1.82, 2.24) is 4.57 Å². The molecule has 0 amide bonds. The summed E-state index contributed by atoms with van der Waals surface area (Å²) in [6, 6.07) is 18.9. The average molecular weight is 341 g/mol. The highest BCUT2D eigenvalue weighted by molar-refractivity contribution is 9.10. The van der Waals surface area contributed by atoms with E-state index in [1.54, 1.807) is 0 Å². The Morgan fingerprint density at radius 1 is 1.00 bits per heavy atom. The van der Waals surface area contributed by atoms with Crippen molar-refractivity contribution >= 4 is 21.6 Å².